The molecule has 0 aliphatic heterocycles. The van der Waals surface area contributed by atoms with Gasteiger partial charge >= 0.3 is 16.1 Å². The highest BCUT2D eigenvalue weighted by molar-refractivity contribution is 9.10. The van der Waals surface area contributed by atoms with Crippen molar-refractivity contribution in [2.24, 2.45) is 0 Å². The van der Waals surface area contributed by atoms with E-state index >= 15 is 0 Å². The number of carbonyl (C=O) groups excluding carboxylic acids is 1. The predicted molar refractivity (Wildman–Crippen MR) is 133 cm³/mol. The lowest BCUT2D eigenvalue weighted by atomic mass is 10.0. The zero-order chi connectivity index (χ0) is 25.8. The smallest absolute Gasteiger partial charge is 0.362 e. The Hall–Kier alpha value is -3.18. The molecule has 1 aromatic heterocycles. The van der Waals surface area contributed by atoms with E-state index in [1.807, 2.05) is 13.8 Å². The first-order chi connectivity index (χ1) is 16.6. The van der Waals surface area contributed by atoms with E-state index in [1.54, 1.807) is 50.2 Å². The summed E-state index contributed by atoms with van der Waals surface area (Å²) in [5.41, 5.74) is -0.0766. The van der Waals surface area contributed by atoms with Crippen LogP contribution in [0.4, 0.5) is 0 Å². The van der Waals surface area contributed by atoms with Crippen molar-refractivity contribution >= 4 is 32.0 Å². The average molecular weight is 565 g/mol. The maximum Gasteiger partial charge on any atom is 0.362 e. The van der Waals surface area contributed by atoms with Crippen LogP contribution in [0.5, 0.6) is 11.5 Å². The summed E-state index contributed by atoms with van der Waals surface area (Å²) in [4.78, 5) is 25.3. The van der Waals surface area contributed by atoms with Crippen LogP contribution in [0.15, 0.2) is 62.7 Å². The second-order valence-electron chi connectivity index (χ2n) is 7.64. The van der Waals surface area contributed by atoms with Crippen molar-refractivity contribution in [2.75, 3.05) is 13.2 Å². The SMILES string of the molecule is CCOC(=O)c1nn(-c2cccc(Br)c2)c(=O)cc1OS(=O)(=O)c1cc(C(C)C)ccc1OCC. The zero-order valence-corrected chi connectivity index (χ0v) is 22.1. The standard InChI is InChI=1S/C24H25BrN2O7S/c1-5-32-19-11-10-16(15(3)4)12-21(19)35(30,31)34-20-14-22(28)27(18-9-7-8-17(25)13-18)26-23(20)24(29)33-6-2/h7-15H,5-6H2,1-4H3. The molecular weight excluding hydrogens is 540 g/mol. The third kappa shape index (κ3) is 6.09. The van der Waals surface area contributed by atoms with Crippen LogP contribution in [0.1, 0.15) is 49.7 Å². The molecule has 9 nitrogen and oxygen atoms in total. The van der Waals surface area contributed by atoms with Crippen LogP contribution < -0.4 is 14.5 Å². The van der Waals surface area contributed by atoms with E-state index in [9.17, 15) is 18.0 Å². The molecule has 1 heterocycles. The molecule has 0 saturated carbocycles. The van der Waals surface area contributed by atoms with E-state index in [1.165, 1.54) is 6.07 Å². The van der Waals surface area contributed by atoms with Crippen molar-refractivity contribution in [2.45, 2.75) is 38.5 Å². The summed E-state index contributed by atoms with van der Waals surface area (Å²) >= 11 is 3.32. The van der Waals surface area contributed by atoms with Crippen LogP contribution in [0.3, 0.4) is 0 Å². The van der Waals surface area contributed by atoms with E-state index < -0.39 is 33.1 Å². The Morgan fingerprint density at radius 2 is 1.80 bits per heavy atom. The maximum absolute atomic E-state index is 13.3. The number of rotatable bonds is 9. The molecule has 11 heteroatoms. The monoisotopic (exact) mass is 564 g/mol. The van der Waals surface area contributed by atoms with Crippen LogP contribution in [0, 0.1) is 0 Å². The van der Waals surface area contributed by atoms with Crippen LogP contribution in [0.2, 0.25) is 0 Å². The van der Waals surface area contributed by atoms with Crippen molar-refractivity contribution in [3.05, 3.63) is 74.6 Å². The van der Waals surface area contributed by atoms with E-state index in [0.29, 0.717) is 10.2 Å². The Bertz CT molecular complexity index is 1400. The van der Waals surface area contributed by atoms with Gasteiger partial charge < -0.3 is 13.7 Å². The van der Waals surface area contributed by atoms with Gasteiger partial charge in [-0.2, -0.15) is 18.2 Å². The summed E-state index contributed by atoms with van der Waals surface area (Å²) < 4.78 is 44.1. The van der Waals surface area contributed by atoms with E-state index in [2.05, 4.69) is 21.0 Å². The molecule has 0 aliphatic carbocycles. The zero-order valence-electron chi connectivity index (χ0n) is 19.6. The van der Waals surface area contributed by atoms with E-state index in [0.717, 1.165) is 16.3 Å². The molecule has 0 unspecified atom stereocenters. The Morgan fingerprint density at radius 1 is 1.06 bits per heavy atom. The molecule has 0 amide bonds. The quantitative estimate of drug-likeness (QED) is 0.276. The number of esters is 1. The fourth-order valence-corrected chi connectivity index (χ4v) is 4.65. The third-order valence-electron chi connectivity index (χ3n) is 4.82. The van der Waals surface area contributed by atoms with Crippen LogP contribution in [0.25, 0.3) is 5.69 Å². The summed E-state index contributed by atoms with van der Waals surface area (Å²) in [5.74, 6) is -1.37. The Morgan fingerprint density at radius 3 is 2.43 bits per heavy atom. The number of hydrogen-bond donors (Lipinski definition) is 0. The van der Waals surface area contributed by atoms with Crippen molar-refractivity contribution in [1.29, 1.82) is 0 Å². The van der Waals surface area contributed by atoms with E-state index in [-0.39, 0.29) is 29.8 Å². The summed E-state index contributed by atoms with van der Waals surface area (Å²) in [6, 6.07) is 12.3. The summed E-state index contributed by atoms with van der Waals surface area (Å²) in [7, 11) is -4.52. The predicted octanol–water partition coefficient (Wildman–Crippen LogP) is 4.46. The first-order valence-corrected chi connectivity index (χ1v) is 13.1. The summed E-state index contributed by atoms with van der Waals surface area (Å²) in [6.07, 6.45) is 0. The van der Waals surface area contributed by atoms with Gasteiger partial charge in [0, 0.05) is 4.47 Å². The van der Waals surface area contributed by atoms with Gasteiger partial charge in [-0.25, -0.2) is 4.79 Å². The lowest BCUT2D eigenvalue weighted by Gasteiger charge is -2.16. The van der Waals surface area contributed by atoms with Crippen molar-refractivity contribution in [3.63, 3.8) is 0 Å². The van der Waals surface area contributed by atoms with Crippen LogP contribution in [-0.2, 0) is 14.9 Å². The van der Waals surface area contributed by atoms with Gasteiger partial charge in [-0.1, -0.05) is 41.9 Å². The van der Waals surface area contributed by atoms with Gasteiger partial charge in [0.1, 0.15) is 10.6 Å². The largest absolute Gasteiger partial charge is 0.492 e. The first kappa shape index (κ1) is 26.4. The molecule has 0 spiro atoms. The first-order valence-electron chi connectivity index (χ1n) is 10.9. The maximum atomic E-state index is 13.3. The van der Waals surface area contributed by atoms with Gasteiger partial charge in [0.15, 0.2) is 5.75 Å². The highest BCUT2D eigenvalue weighted by atomic mass is 79.9. The van der Waals surface area contributed by atoms with Gasteiger partial charge in [0.25, 0.3) is 5.56 Å². The van der Waals surface area contributed by atoms with Gasteiger partial charge in [-0.05, 0) is 55.7 Å². The highest BCUT2D eigenvalue weighted by Crippen LogP contribution is 2.31. The fourth-order valence-electron chi connectivity index (χ4n) is 3.15. The van der Waals surface area contributed by atoms with Crippen LogP contribution in [-0.4, -0.2) is 37.4 Å². The lowest BCUT2D eigenvalue weighted by Crippen LogP contribution is -2.26. The molecule has 3 rings (SSSR count). The normalized spacial score (nSPS) is 11.4. The molecular formula is C24H25BrN2O7S. The van der Waals surface area contributed by atoms with Gasteiger partial charge in [-0.3, -0.25) is 4.79 Å². The Balaban J connectivity index is 2.16. The number of nitrogens with zero attached hydrogens (tertiary/aromatic N) is 2. The Labute approximate surface area is 211 Å². The molecule has 0 bridgehead atoms. The van der Waals surface area contributed by atoms with Gasteiger partial charge in [-0.15, -0.1) is 0 Å². The second kappa shape index (κ2) is 11.0. The number of carbonyl (C=O) groups is 1. The molecule has 186 valence electrons. The number of aromatic nitrogens is 2. The molecule has 35 heavy (non-hydrogen) atoms. The minimum Gasteiger partial charge on any atom is -0.492 e. The van der Waals surface area contributed by atoms with Crippen molar-refractivity contribution < 1.29 is 26.9 Å². The fraction of sp³-hybridized carbons (Fsp3) is 0.292. The summed E-state index contributed by atoms with van der Waals surface area (Å²) in [5, 5.41) is 4.07. The topological polar surface area (TPSA) is 114 Å². The van der Waals surface area contributed by atoms with Crippen molar-refractivity contribution in [1.82, 2.24) is 9.78 Å². The van der Waals surface area contributed by atoms with Gasteiger partial charge in [0.05, 0.1) is 25.0 Å². The van der Waals surface area contributed by atoms with Crippen LogP contribution >= 0.6 is 15.9 Å². The second-order valence-corrected chi connectivity index (χ2v) is 10.1. The van der Waals surface area contributed by atoms with Crippen molar-refractivity contribution in [3.8, 4) is 17.2 Å². The molecule has 2 aromatic carbocycles. The molecule has 0 saturated heterocycles. The third-order valence-corrected chi connectivity index (χ3v) is 6.57. The molecule has 0 fully saturated rings. The highest BCUT2D eigenvalue weighted by Gasteiger charge is 2.28. The molecule has 3 aromatic rings. The number of hydrogen-bond acceptors (Lipinski definition) is 8. The minimum absolute atomic E-state index is 0.00758. The summed E-state index contributed by atoms with van der Waals surface area (Å²) in [6.45, 7) is 7.37. The molecule has 0 N–H and O–H groups in total. The lowest BCUT2D eigenvalue weighted by molar-refractivity contribution is 0.0515. The number of benzene rings is 2. The number of ether oxygens (including phenoxy) is 2. The molecule has 0 atom stereocenters. The molecule has 0 aliphatic rings. The van der Waals surface area contributed by atoms with Gasteiger partial charge in [0.2, 0.25) is 5.69 Å². The average Bonchev–Trinajstić information content (AvgIpc) is 2.79. The Kier molecular flexibility index (Phi) is 8.34. The number of halogens is 1. The minimum atomic E-state index is -4.52. The molecule has 0 radical (unpaired) electrons. The van der Waals surface area contributed by atoms with E-state index in [4.69, 9.17) is 13.7 Å².